The Morgan fingerprint density at radius 1 is 1.43 bits per heavy atom. The fourth-order valence-electron chi connectivity index (χ4n) is 1.50. The van der Waals surface area contributed by atoms with Crippen LogP contribution in [-0.2, 0) is 9.53 Å². The molecule has 0 saturated carbocycles. The first kappa shape index (κ1) is 16.4. The molecule has 1 heterocycles. The number of benzene rings is 1. The number of nitrogens with two attached hydrogens (primary N) is 1. The minimum absolute atomic E-state index is 0.109. The van der Waals surface area contributed by atoms with Crippen LogP contribution in [0.2, 0.25) is 0 Å². The molecule has 120 valence electrons. The van der Waals surface area contributed by atoms with Crippen molar-refractivity contribution in [2.24, 2.45) is 5.16 Å². The first-order valence-corrected chi connectivity index (χ1v) is 7.13. The first-order valence-electron chi connectivity index (χ1n) is 6.36. The smallest absolute Gasteiger partial charge is 0.362 e. The van der Waals surface area contributed by atoms with Crippen molar-refractivity contribution in [2.45, 2.75) is 6.92 Å². The molecule has 0 unspecified atom stereocenters. The van der Waals surface area contributed by atoms with E-state index in [0.29, 0.717) is 0 Å². The molecule has 10 heteroatoms. The van der Waals surface area contributed by atoms with Gasteiger partial charge in [-0.3, -0.25) is 0 Å². The molecule has 2 rings (SSSR count). The zero-order valence-electron chi connectivity index (χ0n) is 11.9. The van der Waals surface area contributed by atoms with Crippen LogP contribution >= 0.6 is 11.5 Å². The second-order valence-electron chi connectivity index (χ2n) is 4.04. The minimum Gasteiger partial charge on any atom is -0.476 e. The number of hydrogen-bond donors (Lipinski definition) is 2. The summed E-state index contributed by atoms with van der Waals surface area (Å²) in [7, 11) is 0. The molecule has 0 amide bonds. The van der Waals surface area contributed by atoms with Gasteiger partial charge in [0.15, 0.2) is 10.9 Å². The van der Waals surface area contributed by atoms with Gasteiger partial charge in [-0.2, -0.15) is 9.36 Å². The fraction of sp³-hybridized carbons (Fsp3) is 0.154. The maximum atomic E-state index is 11.6. The van der Waals surface area contributed by atoms with Crippen LogP contribution in [0.3, 0.4) is 0 Å². The lowest BCUT2D eigenvalue weighted by atomic mass is 10.2. The van der Waals surface area contributed by atoms with Crippen molar-refractivity contribution >= 4 is 34.3 Å². The number of carbonyl (C=O) groups excluding carboxylic acids is 1. The number of aromatic nitrogens is 2. The van der Waals surface area contributed by atoms with Crippen LogP contribution in [0, 0.1) is 0 Å². The molecule has 0 spiro atoms. The van der Waals surface area contributed by atoms with Gasteiger partial charge >= 0.3 is 11.9 Å². The highest BCUT2D eigenvalue weighted by Crippen LogP contribution is 2.15. The maximum absolute atomic E-state index is 11.6. The van der Waals surface area contributed by atoms with Crippen molar-refractivity contribution in [2.75, 3.05) is 12.3 Å². The third kappa shape index (κ3) is 4.23. The summed E-state index contributed by atoms with van der Waals surface area (Å²) in [5.41, 5.74) is 5.17. The topological polar surface area (TPSA) is 137 Å². The maximum Gasteiger partial charge on any atom is 0.362 e. The lowest BCUT2D eigenvalue weighted by Crippen LogP contribution is -2.17. The molecule has 0 aliphatic carbocycles. The molecule has 0 atom stereocenters. The number of nitrogens with zero attached hydrogens (tertiary/aromatic N) is 3. The average Bonchev–Trinajstić information content (AvgIpc) is 2.94. The second kappa shape index (κ2) is 7.31. The van der Waals surface area contributed by atoms with Gasteiger partial charge in [-0.25, -0.2) is 9.59 Å². The molecule has 9 nitrogen and oxygen atoms in total. The van der Waals surface area contributed by atoms with Gasteiger partial charge in [-0.1, -0.05) is 11.2 Å². The van der Waals surface area contributed by atoms with Crippen molar-refractivity contribution in [1.29, 1.82) is 0 Å². The largest absolute Gasteiger partial charge is 0.476 e. The van der Waals surface area contributed by atoms with Crippen LogP contribution in [0.4, 0.5) is 5.13 Å². The average molecular weight is 336 g/mol. The van der Waals surface area contributed by atoms with Crippen LogP contribution in [0.5, 0.6) is 5.75 Å². The normalized spacial score (nSPS) is 11.1. The summed E-state index contributed by atoms with van der Waals surface area (Å²) >= 11 is 0.839. The summed E-state index contributed by atoms with van der Waals surface area (Å²) in [4.78, 5) is 31.6. The number of carboxylic acids is 1. The van der Waals surface area contributed by atoms with E-state index in [1.54, 1.807) is 13.0 Å². The molecule has 2 aromatic rings. The van der Waals surface area contributed by atoms with Gasteiger partial charge in [0.1, 0.15) is 0 Å². The van der Waals surface area contributed by atoms with Crippen LogP contribution in [-0.4, -0.2) is 38.7 Å². The summed E-state index contributed by atoms with van der Waals surface area (Å²) < 4.78 is 8.62. The summed E-state index contributed by atoms with van der Waals surface area (Å²) in [6.07, 6.45) is 0. The Hall–Kier alpha value is -3.01. The van der Waals surface area contributed by atoms with E-state index in [-0.39, 0.29) is 28.9 Å². The van der Waals surface area contributed by atoms with Gasteiger partial charge in [-0.15, -0.1) is 0 Å². The van der Waals surface area contributed by atoms with Crippen molar-refractivity contribution in [3.63, 3.8) is 0 Å². The molecule has 3 N–H and O–H groups in total. The van der Waals surface area contributed by atoms with E-state index in [2.05, 4.69) is 14.5 Å². The van der Waals surface area contributed by atoms with E-state index in [1.165, 1.54) is 18.2 Å². The third-order valence-electron chi connectivity index (χ3n) is 2.44. The van der Waals surface area contributed by atoms with E-state index in [4.69, 9.17) is 20.4 Å². The van der Waals surface area contributed by atoms with Gasteiger partial charge < -0.3 is 20.4 Å². The van der Waals surface area contributed by atoms with Crippen LogP contribution in [0.1, 0.15) is 23.1 Å². The quantitative estimate of drug-likeness (QED) is 0.455. The van der Waals surface area contributed by atoms with Crippen LogP contribution in [0.15, 0.2) is 29.4 Å². The van der Waals surface area contributed by atoms with Gasteiger partial charge in [0.25, 0.3) is 0 Å². The molecule has 0 aliphatic rings. The highest BCUT2D eigenvalue weighted by atomic mass is 32.1. The molecule has 23 heavy (non-hydrogen) atoms. The predicted octanol–water partition coefficient (Wildman–Crippen LogP) is 1.16. The van der Waals surface area contributed by atoms with Crippen molar-refractivity contribution in [3.05, 3.63) is 35.7 Å². The molecular formula is C13H12N4O5S. The van der Waals surface area contributed by atoms with Crippen LogP contribution < -0.4 is 10.6 Å². The molecule has 1 aromatic carbocycles. The Labute approximate surface area is 134 Å². The van der Waals surface area contributed by atoms with Gasteiger partial charge in [0.2, 0.25) is 11.5 Å². The number of rotatable bonds is 6. The number of oxime groups is 1. The number of hydrogen-bond acceptors (Lipinski definition) is 9. The Bertz CT molecular complexity index is 758. The highest BCUT2D eigenvalue weighted by Gasteiger charge is 2.19. The molecule has 0 aliphatic heterocycles. The Morgan fingerprint density at radius 2 is 2.22 bits per heavy atom. The summed E-state index contributed by atoms with van der Waals surface area (Å²) in [6.45, 7) is 1.93. The molecule has 0 saturated heterocycles. The van der Waals surface area contributed by atoms with Crippen molar-refractivity contribution in [1.82, 2.24) is 9.36 Å². The van der Waals surface area contributed by atoms with E-state index in [0.717, 1.165) is 11.5 Å². The molecule has 0 bridgehead atoms. The first-order chi connectivity index (χ1) is 11.0. The van der Waals surface area contributed by atoms with E-state index < -0.39 is 17.7 Å². The molecule has 1 aromatic heterocycles. The van der Waals surface area contributed by atoms with Gasteiger partial charge in [0, 0.05) is 11.5 Å². The summed E-state index contributed by atoms with van der Waals surface area (Å²) in [5.74, 6) is -1.88. The molecule has 0 radical (unpaired) electrons. The van der Waals surface area contributed by atoms with Gasteiger partial charge in [-0.05, 0) is 25.1 Å². The van der Waals surface area contributed by atoms with Gasteiger partial charge in [0.05, 0.1) is 12.2 Å². The Kier molecular flexibility index (Phi) is 5.20. The minimum atomic E-state index is -1.37. The van der Waals surface area contributed by atoms with Crippen LogP contribution in [0.25, 0.3) is 0 Å². The lowest BCUT2D eigenvalue weighted by Gasteiger charge is -2.04. The standard InChI is InChI=1S/C13H12N4O5S/c1-2-21-12(20)7-4-3-5-8(6-7)22-16-9(11(18)19)10-15-13(14)23-17-10/h3-6H,2H2,1H3,(H,18,19)(H2,14,15,17). The SMILES string of the molecule is CCOC(=O)c1cccc(ON=C(C(=O)O)c2nsc(N)n2)c1. The Balaban J connectivity index is 2.21. The number of esters is 1. The summed E-state index contributed by atoms with van der Waals surface area (Å²) in [5, 5.41) is 12.7. The number of nitrogen functional groups attached to an aromatic ring is 1. The molecule has 0 fully saturated rings. The molecular weight excluding hydrogens is 324 g/mol. The zero-order chi connectivity index (χ0) is 16.8. The monoisotopic (exact) mass is 336 g/mol. The van der Waals surface area contributed by atoms with E-state index in [1.807, 2.05) is 0 Å². The van der Waals surface area contributed by atoms with Crippen molar-refractivity contribution < 1.29 is 24.3 Å². The third-order valence-corrected chi connectivity index (χ3v) is 2.99. The fourth-order valence-corrected chi connectivity index (χ4v) is 1.93. The second-order valence-corrected chi connectivity index (χ2v) is 4.82. The number of aliphatic carboxylic acids is 1. The van der Waals surface area contributed by atoms with E-state index in [9.17, 15) is 9.59 Å². The number of ether oxygens (including phenoxy) is 1. The predicted molar refractivity (Wildman–Crippen MR) is 81.5 cm³/mol. The Morgan fingerprint density at radius 3 is 2.83 bits per heavy atom. The lowest BCUT2D eigenvalue weighted by molar-refractivity contribution is -0.129. The van der Waals surface area contributed by atoms with E-state index >= 15 is 0 Å². The zero-order valence-corrected chi connectivity index (χ0v) is 12.7. The summed E-state index contributed by atoms with van der Waals surface area (Å²) in [6, 6.07) is 5.98. The number of carbonyl (C=O) groups is 2. The highest BCUT2D eigenvalue weighted by molar-refractivity contribution is 7.09. The number of carboxylic acid groups (broad SMARTS) is 1. The van der Waals surface area contributed by atoms with Crippen molar-refractivity contribution in [3.8, 4) is 5.75 Å². The number of anilines is 1.